The maximum atomic E-state index is 5.79. The first-order valence-corrected chi connectivity index (χ1v) is 6.62. The van der Waals surface area contributed by atoms with Gasteiger partial charge in [0.15, 0.2) is 0 Å². The average molecular weight is 271 g/mol. The monoisotopic (exact) mass is 271 g/mol. The van der Waals surface area contributed by atoms with Crippen LogP contribution in [0.1, 0.15) is 18.1 Å². The van der Waals surface area contributed by atoms with E-state index in [-0.39, 0.29) is 0 Å². The molecular weight excluding hydrogens is 254 g/mol. The van der Waals surface area contributed by atoms with Crippen molar-refractivity contribution in [1.29, 1.82) is 0 Å². The standard InChI is InChI=1S/C15H17N3S/c1-3-18(12-6-4-5-11(2)9-12)14-10-17-8-7-13(14)15(16)19/h4-10H,3H2,1-2H3,(H2,16,19). The van der Waals surface area contributed by atoms with Crippen LogP contribution in [0, 0.1) is 6.92 Å². The minimum atomic E-state index is 0.392. The van der Waals surface area contributed by atoms with Crippen molar-refractivity contribution in [2.45, 2.75) is 13.8 Å². The Hall–Kier alpha value is -1.94. The Kier molecular flexibility index (Phi) is 4.12. The van der Waals surface area contributed by atoms with E-state index in [9.17, 15) is 0 Å². The van der Waals surface area contributed by atoms with Gasteiger partial charge in [0.1, 0.15) is 4.99 Å². The summed E-state index contributed by atoms with van der Waals surface area (Å²) in [5, 5.41) is 0. The van der Waals surface area contributed by atoms with Crippen molar-refractivity contribution < 1.29 is 0 Å². The molecule has 2 rings (SSSR count). The van der Waals surface area contributed by atoms with Gasteiger partial charge < -0.3 is 10.6 Å². The number of anilines is 2. The van der Waals surface area contributed by atoms with Crippen LogP contribution in [0.3, 0.4) is 0 Å². The Morgan fingerprint density at radius 1 is 1.37 bits per heavy atom. The van der Waals surface area contributed by atoms with Crippen molar-refractivity contribution in [3.05, 3.63) is 53.9 Å². The second-order valence-corrected chi connectivity index (χ2v) is 4.78. The molecule has 0 atom stereocenters. The third-order valence-electron chi connectivity index (χ3n) is 2.99. The summed E-state index contributed by atoms with van der Waals surface area (Å²) in [5.74, 6) is 0. The van der Waals surface area contributed by atoms with Crippen LogP contribution in [0.15, 0.2) is 42.7 Å². The van der Waals surface area contributed by atoms with Crippen LogP contribution in [0.25, 0.3) is 0 Å². The molecule has 2 aromatic rings. The van der Waals surface area contributed by atoms with E-state index in [1.165, 1.54) is 5.56 Å². The van der Waals surface area contributed by atoms with Crippen molar-refractivity contribution in [3.63, 3.8) is 0 Å². The Labute approximate surface area is 119 Å². The molecule has 0 spiro atoms. The molecule has 0 unspecified atom stereocenters. The third-order valence-corrected chi connectivity index (χ3v) is 3.21. The number of pyridine rings is 1. The van der Waals surface area contributed by atoms with Gasteiger partial charge in [-0.25, -0.2) is 0 Å². The molecule has 0 aliphatic carbocycles. The van der Waals surface area contributed by atoms with Gasteiger partial charge in [-0.3, -0.25) is 4.98 Å². The zero-order chi connectivity index (χ0) is 13.8. The highest BCUT2D eigenvalue weighted by Crippen LogP contribution is 2.28. The Bertz CT molecular complexity index is 595. The number of aromatic nitrogens is 1. The highest BCUT2D eigenvalue weighted by atomic mass is 32.1. The lowest BCUT2D eigenvalue weighted by Crippen LogP contribution is -2.21. The molecule has 1 aromatic heterocycles. The molecule has 0 saturated heterocycles. The average Bonchev–Trinajstić information content (AvgIpc) is 2.40. The van der Waals surface area contributed by atoms with Crippen LogP contribution in [0.2, 0.25) is 0 Å². The molecule has 0 saturated carbocycles. The zero-order valence-electron chi connectivity index (χ0n) is 11.1. The van der Waals surface area contributed by atoms with E-state index in [0.29, 0.717) is 4.99 Å². The van der Waals surface area contributed by atoms with Gasteiger partial charge in [-0.05, 0) is 37.6 Å². The summed E-state index contributed by atoms with van der Waals surface area (Å²) in [6.45, 7) is 5.00. The molecule has 0 aliphatic rings. The summed E-state index contributed by atoms with van der Waals surface area (Å²) in [4.78, 5) is 6.74. The maximum Gasteiger partial charge on any atom is 0.106 e. The largest absolute Gasteiger partial charge is 0.389 e. The maximum absolute atomic E-state index is 5.79. The fourth-order valence-electron chi connectivity index (χ4n) is 2.10. The van der Waals surface area contributed by atoms with Crippen LogP contribution in [0.5, 0.6) is 0 Å². The molecule has 4 heteroatoms. The topological polar surface area (TPSA) is 42.2 Å². The molecule has 1 heterocycles. The fraction of sp³-hybridized carbons (Fsp3) is 0.200. The summed E-state index contributed by atoms with van der Waals surface area (Å²) in [6.07, 6.45) is 3.52. The zero-order valence-corrected chi connectivity index (χ0v) is 11.9. The van der Waals surface area contributed by atoms with Crippen molar-refractivity contribution in [3.8, 4) is 0 Å². The summed E-state index contributed by atoms with van der Waals surface area (Å²) in [6, 6.07) is 10.2. The van der Waals surface area contributed by atoms with Crippen LogP contribution < -0.4 is 10.6 Å². The quantitative estimate of drug-likeness (QED) is 0.867. The predicted octanol–water partition coefficient (Wildman–Crippen LogP) is 3.18. The Morgan fingerprint density at radius 3 is 2.79 bits per heavy atom. The molecule has 0 fully saturated rings. The van der Waals surface area contributed by atoms with Gasteiger partial charge >= 0.3 is 0 Å². The highest BCUT2D eigenvalue weighted by molar-refractivity contribution is 7.80. The van der Waals surface area contributed by atoms with Crippen molar-refractivity contribution in [2.24, 2.45) is 5.73 Å². The number of hydrogen-bond acceptors (Lipinski definition) is 3. The van der Waals surface area contributed by atoms with E-state index in [1.807, 2.05) is 12.1 Å². The van der Waals surface area contributed by atoms with Gasteiger partial charge in [0.25, 0.3) is 0 Å². The van der Waals surface area contributed by atoms with Gasteiger partial charge in [0.05, 0.1) is 11.9 Å². The molecule has 0 aliphatic heterocycles. The van der Waals surface area contributed by atoms with Crippen LogP contribution in [-0.4, -0.2) is 16.5 Å². The molecule has 3 nitrogen and oxygen atoms in total. The lowest BCUT2D eigenvalue weighted by atomic mass is 10.1. The molecular formula is C15H17N3S. The molecule has 0 bridgehead atoms. The lowest BCUT2D eigenvalue weighted by molar-refractivity contribution is 1.01. The second-order valence-electron chi connectivity index (χ2n) is 4.34. The van der Waals surface area contributed by atoms with E-state index in [4.69, 9.17) is 18.0 Å². The number of aryl methyl sites for hydroxylation is 1. The van der Waals surface area contributed by atoms with Gasteiger partial charge in [-0.1, -0.05) is 24.4 Å². The number of benzene rings is 1. The number of hydrogen-bond donors (Lipinski definition) is 1. The van der Waals surface area contributed by atoms with E-state index in [2.05, 4.69) is 41.9 Å². The first-order valence-electron chi connectivity index (χ1n) is 6.21. The van der Waals surface area contributed by atoms with E-state index < -0.39 is 0 Å². The molecule has 19 heavy (non-hydrogen) atoms. The first kappa shape index (κ1) is 13.5. The van der Waals surface area contributed by atoms with Crippen molar-refractivity contribution in [1.82, 2.24) is 4.98 Å². The molecule has 0 amide bonds. The smallest absolute Gasteiger partial charge is 0.106 e. The van der Waals surface area contributed by atoms with E-state index in [1.54, 1.807) is 12.4 Å². The first-order chi connectivity index (χ1) is 9.13. The normalized spacial score (nSPS) is 10.2. The Balaban J connectivity index is 2.51. The molecule has 0 radical (unpaired) electrons. The summed E-state index contributed by atoms with van der Waals surface area (Å²) in [5.41, 5.74) is 9.93. The summed E-state index contributed by atoms with van der Waals surface area (Å²) >= 11 is 5.12. The van der Waals surface area contributed by atoms with Crippen molar-refractivity contribution >= 4 is 28.6 Å². The van der Waals surface area contributed by atoms with Crippen LogP contribution in [-0.2, 0) is 0 Å². The second kappa shape index (κ2) is 5.80. The lowest BCUT2D eigenvalue weighted by Gasteiger charge is -2.25. The fourth-order valence-corrected chi connectivity index (χ4v) is 2.27. The number of nitrogens with two attached hydrogens (primary N) is 1. The summed E-state index contributed by atoms with van der Waals surface area (Å²) in [7, 11) is 0. The minimum absolute atomic E-state index is 0.392. The molecule has 98 valence electrons. The van der Waals surface area contributed by atoms with Gasteiger partial charge in [-0.15, -0.1) is 0 Å². The highest BCUT2D eigenvalue weighted by Gasteiger charge is 2.13. The van der Waals surface area contributed by atoms with E-state index in [0.717, 1.165) is 23.5 Å². The van der Waals surface area contributed by atoms with Crippen LogP contribution >= 0.6 is 12.2 Å². The van der Waals surface area contributed by atoms with Crippen LogP contribution in [0.4, 0.5) is 11.4 Å². The predicted molar refractivity (Wildman–Crippen MR) is 84.0 cm³/mol. The summed E-state index contributed by atoms with van der Waals surface area (Å²) < 4.78 is 0. The molecule has 2 N–H and O–H groups in total. The van der Waals surface area contributed by atoms with Gasteiger partial charge in [0.2, 0.25) is 0 Å². The van der Waals surface area contributed by atoms with Gasteiger partial charge in [0, 0.05) is 24.0 Å². The Morgan fingerprint density at radius 2 is 2.16 bits per heavy atom. The SMILES string of the molecule is CCN(c1cccc(C)c1)c1cnccc1C(N)=S. The minimum Gasteiger partial charge on any atom is -0.389 e. The molecule has 1 aromatic carbocycles. The van der Waals surface area contributed by atoms with E-state index >= 15 is 0 Å². The third kappa shape index (κ3) is 2.90. The van der Waals surface area contributed by atoms with Crippen molar-refractivity contribution in [2.75, 3.05) is 11.4 Å². The van der Waals surface area contributed by atoms with Gasteiger partial charge in [-0.2, -0.15) is 0 Å². The number of rotatable bonds is 4. The number of nitrogens with zero attached hydrogens (tertiary/aromatic N) is 2. The number of thiocarbonyl (C=S) groups is 1.